The smallest absolute Gasteiger partial charge is 0.0797 e. The highest BCUT2D eigenvalue weighted by Crippen LogP contribution is 2.15. The van der Waals surface area contributed by atoms with Crippen LogP contribution in [-0.4, -0.2) is 38.5 Å². The summed E-state index contributed by atoms with van der Waals surface area (Å²) in [5, 5.41) is 3.36. The Morgan fingerprint density at radius 2 is 2.17 bits per heavy atom. The Kier molecular flexibility index (Phi) is 5.09. The number of rotatable bonds is 2. The highest BCUT2D eigenvalue weighted by atomic mass is 35.5. The molecule has 0 aromatic rings. The van der Waals surface area contributed by atoms with Crippen LogP contribution in [0.3, 0.4) is 0 Å². The molecule has 0 radical (unpaired) electrons. The molecule has 1 aliphatic rings. The molecule has 0 saturated carbocycles. The number of hydrogen-bond donors (Lipinski definition) is 1. The number of methoxy groups -OCH3 is 1. The summed E-state index contributed by atoms with van der Waals surface area (Å²) in [4.78, 5) is 0. The summed E-state index contributed by atoms with van der Waals surface area (Å²) in [7, 11) is 1.73. The van der Waals surface area contributed by atoms with Crippen molar-refractivity contribution < 1.29 is 9.47 Å². The molecule has 0 aliphatic carbocycles. The van der Waals surface area contributed by atoms with Crippen molar-refractivity contribution in [2.24, 2.45) is 0 Å². The van der Waals surface area contributed by atoms with Gasteiger partial charge in [-0.2, -0.15) is 0 Å². The molecule has 1 atom stereocenters. The molecule has 1 aliphatic heterocycles. The second kappa shape index (κ2) is 5.02. The zero-order chi connectivity index (χ0) is 8.32. The van der Waals surface area contributed by atoms with E-state index in [1.165, 1.54) is 0 Å². The average molecular weight is 196 g/mol. The SMILES string of the molecule is COC(C)(C)C1COCCN1.Cl. The van der Waals surface area contributed by atoms with Crippen LogP contribution in [0.4, 0.5) is 0 Å². The van der Waals surface area contributed by atoms with E-state index in [0.29, 0.717) is 6.04 Å². The van der Waals surface area contributed by atoms with Gasteiger partial charge in [0.25, 0.3) is 0 Å². The lowest BCUT2D eigenvalue weighted by Crippen LogP contribution is -2.54. The van der Waals surface area contributed by atoms with E-state index in [1.807, 2.05) is 0 Å². The number of halogens is 1. The Morgan fingerprint density at radius 1 is 1.50 bits per heavy atom. The first kappa shape index (κ1) is 12.2. The monoisotopic (exact) mass is 195 g/mol. The van der Waals surface area contributed by atoms with Crippen LogP contribution in [0, 0.1) is 0 Å². The van der Waals surface area contributed by atoms with Crippen LogP contribution >= 0.6 is 12.4 Å². The van der Waals surface area contributed by atoms with Crippen LogP contribution in [0.5, 0.6) is 0 Å². The fraction of sp³-hybridized carbons (Fsp3) is 1.00. The molecule has 74 valence electrons. The van der Waals surface area contributed by atoms with E-state index < -0.39 is 0 Å². The van der Waals surface area contributed by atoms with E-state index in [2.05, 4.69) is 19.2 Å². The van der Waals surface area contributed by atoms with Crippen molar-refractivity contribution in [2.75, 3.05) is 26.9 Å². The topological polar surface area (TPSA) is 30.5 Å². The van der Waals surface area contributed by atoms with E-state index in [-0.39, 0.29) is 18.0 Å². The number of nitrogens with one attached hydrogen (secondary N) is 1. The van der Waals surface area contributed by atoms with Gasteiger partial charge in [-0.25, -0.2) is 0 Å². The van der Waals surface area contributed by atoms with Crippen LogP contribution in [0.2, 0.25) is 0 Å². The molecule has 1 saturated heterocycles. The van der Waals surface area contributed by atoms with Gasteiger partial charge in [0.05, 0.1) is 24.9 Å². The van der Waals surface area contributed by atoms with E-state index in [4.69, 9.17) is 9.47 Å². The van der Waals surface area contributed by atoms with Crippen molar-refractivity contribution in [3.8, 4) is 0 Å². The first-order valence-electron chi connectivity index (χ1n) is 4.03. The fourth-order valence-corrected chi connectivity index (χ4v) is 1.15. The van der Waals surface area contributed by atoms with Crippen LogP contribution in [0.25, 0.3) is 0 Å². The molecule has 1 fully saturated rings. The van der Waals surface area contributed by atoms with Gasteiger partial charge in [0, 0.05) is 13.7 Å². The van der Waals surface area contributed by atoms with Crippen molar-refractivity contribution in [2.45, 2.75) is 25.5 Å². The second-order valence-electron chi connectivity index (χ2n) is 3.39. The van der Waals surface area contributed by atoms with Crippen LogP contribution < -0.4 is 5.32 Å². The predicted molar refractivity (Wildman–Crippen MR) is 50.9 cm³/mol. The maximum Gasteiger partial charge on any atom is 0.0797 e. The van der Waals surface area contributed by atoms with E-state index in [0.717, 1.165) is 19.8 Å². The van der Waals surface area contributed by atoms with E-state index in [1.54, 1.807) is 7.11 Å². The van der Waals surface area contributed by atoms with E-state index in [9.17, 15) is 0 Å². The molecule has 1 unspecified atom stereocenters. The van der Waals surface area contributed by atoms with Gasteiger partial charge in [0.1, 0.15) is 0 Å². The van der Waals surface area contributed by atoms with Crippen LogP contribution in [-0.2, 0) is 9.47 Å². The van der Waals surface area contributed by atoms with Gasteiger partial charge in [-0.3, -0.25) is 0 Å². The first-order chi connectivity index (χ1) is 5.17. The van der Waals surface area contributed by atoms with Gasteiger partial charge in [-0.1, -0.05) is 0 Å². The summed E-state index contributed by atoms with van der Waals surface area (Å²) in [6.07, 6.45) is 0. The number of hydrogen-bond acceptors (Lipinski definition) is 3. The molecule has 0 amide bonds. The van der Waals surface area contributed by atoms with Gasteiger partial charge < -0.3 is 14.8 Å². The van der Waals surface area contributed by atoms with Gasteiger partial charge in [0.15, 0.2) is 0 Å². The third-order valence-electron chi connectivity index (χ3n) is 2.29. The highest BCUT2D eigenvalue weighted by Gasteiger charge is 2.30. The Balaban J connectivity index is 0.00000121. The molecule has 1 rings (SSSR count). The molecular formula is C8H18ClNO2. The zero-order valence-corrected chi connectivity index (χ0v) is 8.74. The minimum atomic E-state index is -0.125. The van der Waals surface area contributed by atoms with Gasteiger partial charge in [-0.15, -0.1) is 12.4 Å². The van der Waals surface area contributed by atoms with Crippen molar-refractivity contribution >= 4 is 12.4 Å². The molecule has 0 aromatic carbocycles. The summed E-state index contributed by atoms with van der Waals surface area (Å²) in [5.41, 5.74) is -0.125. The molecule has 0 spiro atoms. The molecule has 12 heavy (non-hydrogen) atoms. The second-order valence-corrected chi connectivity index (χ2v) is 3.39. The molecule has 0 aromatic heterocycles. The van der Waals surface area contributed by atoms with Gasteiger partial charge in [-0.05, 0) is 13.8 Å². The maximum absolute atomic E-state index is 5.33. The number of morpholine rings is 1. The molecular weight excluding hydrogens is 178 g/mol. The zero-order valence-electron chi connectivity index (χ0n) is 7.92. The van der Waals surface area contributed by atoms with Crippen molar-refractivity contribution in [3.05, 3.63) is 0 Å². The largest absolute Gasteiger partial charge is 0.378 e. The van der Waals surface area contributed by atoms with Gasteiger partial charge >= 0.3 is 0 Å². The van der Waals surface area contributed by atoms with Crippen molar-refractivity contribution in [1.82, 2.24) is 5.32 Å². The predicted octanol–water partition coefficient (Wildman–Crippen LogP) is 0.822. The van der Waals surface area contributed by atoms with Crippen LogP contribution in [0.15, 0.2) is 0 Å². The highest BCUT2D eigenvalue weighted by molar-refractivity contribution is 5.85. The minimum absolute atomic E-state index is 0. The minimum Gasteiger partial charge on any atom is -0.378 e. The van der Waals surface area contributed by atoms with Crippen LogP contribution in [0.1, 0.15) is 13.8 Å². The molecule has 0 bridgehead atoms. The average Bonchev–Trinajstić information content (AvgIpc) is 2.06. The Morgan fingerprint density at radius 3 is 2.58 bits per heavy atom. The first-order valence-corrected chi connectivity index (χ1v) is 4.03. The lowest BCUT2D eigenvalue weighted by molar-refractivity contribution is -0.0552. The molecule has 3 nitrogen and oxygen atoms in total. The normalized spacial score (nSPS) is 24.8. The Bertz CT molecular complexity index is 124. The quantitative estimate of drug-likeness (QED) is 0.708. The van der Waals surface area contributed by atoms with Crippen molar-refractivity contribution in [3.63, 3.8) is 0 Å². The molecule has 1 N–H and O–H groups in total. The summed E-state index contributed by atoms with van der Waals surface area (Å²) in [6.45, 7) is 6.63. The lowest BCUT2D eigenvalue weighted by atomic mass is 9.99. The summed E-state index contributed by atoms with van der Waals surface area (Å²) in [6, 6.07) is 0.321. The molecule has 1 heterocycles. The standard InChI is InChI=1S/C8H17NO2.ClH/c1-8(2,10-3)7-6-11-5-4-9-7;/h7,9H,4-6H2,1-3H3;1H. The van der Waals surface area contributed by atoms with Gasteiger partial charge in [0.2, 0.25) is 0 Å². The summed E-state index contributed by atoms with van der Waals surface area (Å²) < 4.78 is 10.7. The Labute approximate surface area is 80.2 Å². The summed E-state index contributed by atoms with van der Waals surface area (Å²) in [5.74, 6) is 0. The molecule has 4 heteroatoms. The summed E-state index contributed by atoms with van der Waals surface area (Å²) >= 11 is 0. The number of ether oxygens (including phenoxy) is 2. The fourth-order valence-electron chi connectivity index (χ4n) is 1.15. The Hall–Kier alpha value is 0.170. The third kappa shape index (κ3) is 2.90. The lowest BCUT2D eigenvalue weighted by Gasteiger charge is -2.36. The van der Waals surface area contributed by atoms with Crippen molar-refractivity contribution in [1.29, 1.82) is 0 Å². The van der Waals surface area contributed by atoms with E-state index >= 15 is 0 Å². The maximum atomic E-state index is 5.33. The third-order valence-corrected chi connectivity index (χ3v) is 2.29.